The van der Waals surface area contributed by atoms with Gasteiger partial charge in [0, 0.05) is 22.0 Å². The van der Waals surface area contributed by atoms with Crippen LogP contribution in [0.3, 0.4) is 0 Å². The van der Waals surface area contributed by atoms with E-state index in [1.54, 1.807) is 99.6 Å². The lowest BCUT2D eigenvalue weighted by Crippen LogP contribution is -2.27. The minimum atomic E-state index is -4.13. The molecule has 11 nitrogen and oxygen atoms in total. The van der Waals surface area contributed by atoms with Gasteiger partial charge < -0.3 is 14.2 Å². The summed E-state index contributed by atoms with van der Waals surface area (Å²) in [5.41, 5.74) is 1.10. The minimum Gasteiger partial charge on any atom is -0.497 e. The summed E-state index contributed by atoms with van der Waals surface area (Å²) < 4.78 is 75.7. The Morgan fingerprint density at radius 3 is 1.65 bits per heavy atom. The zero-order chi connectivity index (χ0) is 34.7. The molecule has 0 unspecified atom stereocenters. The number of carbonyl (C=O) groups excluding carboxylic acids is 1. The van der Waals surface area contributed by atoms with Crippen molar-refractivity contribution < 1.29 is 35.8 Å². The molecule has 1 amide bonds. The van der Waals surface area contributed by atoms with Gasteiger partial charge in [0.15, 0.2) is 0 Å². The third-order valence-electron chi connectivity index (χ3n) is 7.11. The van der Waals surface area contributed by atoms with Gasteiger partial charge in [0.25, 0.3) is 20.0 Å². The van der Waals surface area contributed by atoms with Crippen molar-refractivity contribution in [3.8, 4) is 22.6 Å². The van der Waals surface area contributed by atoms with Gasteiger partial charge in [-0.25, -0.2) is 21.6 Å². The molecule has 5 rings (SSSR count). The number of nitrogens with one attached hydrogen (secondary N) is 3. The quantitative estimate of drug-likeness (QED) is 0.137. The van der Waals surface area contributed by atoms with Crippen LogP contribution in [0.5, 0.6) is 11.5 Å². The average Bonchev–Trinajstić information content (AvgIpc) is 3.05. The Bertz CT molecular complexity index is 2160. The number of methoxy groups -OCH3 is 2. The number of anilines is 3. The second-order valence-electron chi connectivity index (χ2n) is 11.7. The third-order valence-corrected chi connectivity index (χ3v) is 9.85. The third kappa shape index (κ3) is 7.81. The van der Waals surface area contributed by atoms with E-state index in [0.29, 0.717) is 39.1 Å². The fourth-order valence-electron chi connectivity index (χ4n) is 4.86. The van der Waals surface area contributed by atoms with Gasteiger partial charge in [0.1, 0.15) is 17.1 Å². The van der Waals surface area contributed by atoms with E-state index in [9.17, 15) is 21.6 Å². The molecular weight excluding hydrogens is 655 g/mol. The molecule has 0 aliphatic carbocycles. The van der Waals surface area contributed by atoms with Crippen LogP contribution < -0.4 is 24.2 Å². The summed E-state index contributed by atoms with van der Waals surface area (Å²) in [5.74, 6) is 0.994. The predicted molar refractivity (Wildman–Crippen MR) is 187 cm³/mol. The molecule has 0 aliphatic rings. The van der Waals surface area contributed by atoms with Crippen LogP contribution in [-0.2, 0) is 24.8 Å². The largest absolute Gasteiger partial charge is 0.497 e. The van der Waals surface area contributed by atoms with Crippen LogP contribution in [0, 0.1) is 0 Å². The first-order valence-corrected chi connectivity index (χ1v) is 17.7. The Labute approximate surface area is 280 Å². The number of carbonyl (C=O) groups is 1. The Balaban J connectivity index is 1.63. The highest BCUT2D eigenvalue weighted by atomic mass is 32.2. The van der Waals surface area contributed by atoms with E-state index in [1.807, 2.05) is 0 Å². The van der Waals surface area contributed by atoms with E-state index in [0.717, 1.165) is 0 Å². The van der Waals surface area contributed by atoms with E-state index in [4.69, 9.17) is 14.2 Å². The number of hydrogen-bond donors (Lipinski definition) is 3. The lowest BCUT2D eigenvalue weighted by atomic mass is 9.97. The predicted octanol–water partition coefficient (Wildman–Crippen LogP) is 7.47. The number of amides is 1. The van der Waals surface area contributed by atoms with Crippen LogP contribution in [0.25, 0.3) is 21.9 Å². The molecule has 5 aromatic rings. The zero-order valence-corrected chi connectivity index (χ0v) is 28.5. The topological polar surface area (TPSA) is 149 Å². The Morgan fingerprint density at radius 2 is 1.15 bits per heavy atom. The van der Waals surface area contributed by atoms with Crippen molar-refractivity contribution in [2.75, 3.05) is 29.0 Å². The first-order valence-electron chi connectivity index (χ1n) is 14.7. The Morgan fingerprint density at radius 1 is 0.646 bits per heavy atom. The van der Waals surface area contributed by atoms with Crippen molar-refractivity contribution in [1.29, 1.82) is 0 Å². The molecule has 0 aromatic heterocycles. The lowest BCUT2D eigenvalue weighted by Gasteiger charge is -2.20. The van der Waals surface area contributed by atoms with E-state index < -0.39 is 31.7 Å². The monoisotopic (exact) mass is 689 g/mol. The van der Waals surface area contributed by atoms with Crippen LogP contribution in [0.15, 0.2) is 113 Å². The van der Waals surface area contributed by atoms with Crippen molar-refractivity contribution in [1.82, 2.24) is 0 Å². The van der Waals surface area contributed by atoms with Crippen molar-refractivity contribution in [3.05, 3.63) is 103 Å². The second-order valence-corrected chi connectivity index (χ2v) is 15.0. The van der Waals surface area contributed by atoms with E-state index >= 15 is 0 Å². The fourth-order valence-corrected chi connectivity index (χ4v) is 7.03. The van der Waals surface area contributed by atoms with Crippen LogP contribution in [0.4, 0.5) is 21.9 Å². The number of fused-ring (bicyclic) bond motifs is 1. The van der Waals surface area contributed by atoms with Gasteiger partial charge in [0.05, 0.1) is 35.4 Å². The van der Waals surface area contributed by atoms with Gasteiger partial charge in [-0.2, -0.15) is 0 Å². The van der Waals surface area contributed by atoms with E-state index in [2.05, 4.69) is 14.8 Å². The van der Waals surface area contributed by atoms with E-state index in [1.165, 1.54) is 38.5 Å². The fraction of sp³-hybridized carbons (Fsp3) is 0.171. The Kier molecular flexibility index (Phi) is 9.55. The van der Waals surface area contributed by atoms with Crippen LogP contribution >= 0.6 is 0 Å². The van der Waals surface area contributed by atoms with Gasteiger partial charge in [0.2, 0.25) is 0 Å². The molecule has 0 bridgehead atoms. The number of sulfonamides is 2. The average molecular weight is 690 g/mol. The summed E-state index contributed by atoms with van der Waals surface area (Å²) in [6.45, 7) is 5.26. The molecule has 0 atom stereocenters. The van der Waals surface area contributed by atoms with Gasteiger partial charge in [-0.3, -0.25) is 14.8 Å². The van der Waals surface area contributed by atoms with E-state index in [-0.39, 0.29) is 21.2 Å². The molecule has 5 aromatic carbocycles. The molecule has 0 aliphatic heterocycles. The highest BCUT2D eigenvalue weighted by molar-refractivity contribution is 7.93. The highest BCUT2D eigenvalue weighted by Crippen LogP contribution is 2.41. The molecule has 13 heteroatoms. The van der Waals surface area contributed by atoms with Crippen molar-refractivity contribution in [2.24, 2.45) is 0 Å². The molecule has 3 N–H and O–H groups in total. The molecule has 0 saturated carbocycles. The van der Waals surface area contributed by atoms with Crippen molar-refractivity contribution >= 4 is 54.0 Å². The lowest BCUT2D eigenvalue weighted by molar-refractivity contribution is 0.0636. The number of rotatable bonds is 10. The normalized spacial score (nSPS) is 11.9. The van der Waals surface area contributed by atoms with Crippen LogP contribution in [0.2, 0.25) is 0 Å². The summed E-state index contributed by atoms with van der Waals surface area (Å²) in [6, 6.07) is 27.0. The van der Waals surface area contributed by atoms with Crippen LogP contribution in [0.1, 0.15) is 20.8 Å². The summed E-state index contributed by atoms with van der Waals surface area (Å²) in [4.78, 5) is 12.4. The Hall–Kier alpha value is -5.27. The summed E-state index contributed by atoms with van der Waals surface area (Å²) >= 11 is 0. The SMILES string of the molecule is COc1ccc(S(=O)(=O)Nc2cc(-c3ccc(NC(=O)OC(C)(C)C)cc3)c(NS(=O)(=O)c3ccc(OC)cc3)c3ccccc23)cc1. The maximum absolute atomic E-state index is 13.7. The number of ether oxygens (including phenoxy) is 3. The first kappa shape index (κ1) is 34.1. The van der Waals surface area contributed by atoms with Crippen molar-refractivity contribution in [2.45, 2.75) is 36.2 Å². The highest BCUT2D eigenvalue weighted by Gasteiger charge is 2.23. The molecule has 0 radical (unpaired) electrons. The van der Waals surface area contributed by atoms with Gasteiger partial charge >= 0.3 is 6.09 Å². The summed E-state index contributed by atoms with van der Waals surface area (Å²) in [5, 5.41) is 3.57. The van der Waals surface area contributed by atoms with Gasteiger partial charge in [-0.1, -0.05) is 36.4 Å². The molecule has 0 fully saturated rings. The maximum atomic E-state index is 13.7. The van der Waals surface area contributed by atoms with Gasteiger partial charge in [-0.05, 0) is 93.1 Å². The second kappa shape index (κ2) is 13.5. The minimum absolute atomic E-state index is 0.000440. The molecule has 48 heavy (non-hydrogen) atoms. The summed E-state index contributed by atoms with van der Waals surface area (Å²) in [6.07, 6.45) is -0.635. The molecule has 0 heterocycles. The molecule has 250 valence electrons. The molecule has 0 spiro atoms. The van der Waals surface area contributed by atoms with Crippen molar-refractivity contribution in [3.63, 3.8) is 0 Å². The number of hydrogen-bond acceptors (Lipinski definition) is 8. The zero-order valence-electron chi connectivity index (χ0n) is 26.9. The first-order chi connectivity index (χ1) is 22.7. The van der Waals surface area contributed by atoms with Crippen LogP contribution in [-0.4, -0.2) is 42.7 Å². The molecular formula is C35H35N3O8S2. The number of benzene rings is 5. The van der Waals surface area contributed by atoms with Gasteiger partial charge in [-0.15, -0.1) is 0 Å². The standard InChI is InChI=1S/C35H35N3O8S2/c1-35(2,3)46-34(39)36-24-12-10-23(11-13-24)31-22-32(37-47(40,41)27-18-14-25(44-4)15-19-27)29-8-6-7-9-30(29)33(31)38-48(42,43)28-20-16-26(45-5)17-21-28/h6-22,37-38H,1-5H3,(H,36,39). The maximum Gasteiger partial charge on any atom is 0.412 e. The smallest absolute Gasteiger partial charge is 0.412 e. The summed E-state index contributed by atoms with van der Waals surface area (Å²) in [7, 11) is -5.24. The molecule has 0 saturated heterocycles.